The Kier molecular flexibility index (Phi) is 5.75. The second-order valence-corrected chi connectivity index (χ2v) is 7.36. The fourth-order valence-corrected chi connectivity index (χ4v) is 3.49. The Morgan fingerprint density at radius 2 is 1.80 bits per heavy atom. The van der Waals surface area contributed by atoms with Crippen molar-refractivity contribution in [3.8, 4) is 0 Å². The summed E-state index contributed by atoms with van der Waals surface area (Å²) in [4.78, 5) is 24.7. The second-order valence-electron chi connectivity index (χ2n) is 7.36. The number of fused-ring (bicyclic) bond motifs is 1. The van der Waals surface area contributed by atoms with Crippen LogP contribution >= 0.6 is 0 Å². The largest absolute Gasteiger partial charge is 0.361 e. The lowest BCUT2D eigenvalue weighted by Gasteiger charge is -2.10. The van der Waals surface area contributed by atoms with Gasteiger partial charge in [-0.1, -0.05) is 42.5 Å². The first-order valence-electron chi connectivity index (χ1n) is 10.1. The molecule has 0 aliphatic rings. The van der Waals surface area contributed by atoms with E-state index in [0.717, 1.165) is 28.8 Å². The van der Waals surface area contributed by atoms with Gasteiger partial charge < -0.3 is 15.6 Å². The number of aromatic amines is 1. The van der Waals surface area contributed by atoms with Gasteiger partial charge in [-0.3, -0.25) is 4.79 Å². The molecule has 0 radical (unpaired) electrons. The van der Waals surface area contributed by atoms with Gasteiger partial charge in [-0.05, 0) is 49.1 Å². The number of rotatable bonds is 7. The highest BCUT2D eigenvalue weighted by Gasteiger charge is 2.11. The average molecular weight is 399 g/mol. The zero-order valence-electron chi connectivity index (χ0n) is 17.2. The number of carbonyl (C=O) groups excluding carboxylic acids is 1. The fraction of sp³-hybridized carbons (Fsp3) is 0.208. The number of H-pyrrole nitrogens is 1. The van der Waals surface area contributed by atoms with Crippen LogP contribution in [0.4, 0.5) is 5.95 Å². The summed E-state index contributed by atoms with van der Waals surface area (Å²) in [7, 11) is 0. The summed E-state index contributed by atoms with van der Waals surface area (Å²) >= 11 is 0. The van der Waals surface area contributed by atoms with E-state index >= 15 is 0 Å². The zero-order valence-corrected chi connectivity index (χ0v) is 17.2. The molecule has 6 heteroatoms. The molecular weight excluding hydrogens is 374 g/mol. The smallest absolute Gasteiger partial charge is 0.270 e. The maximum atomic E-state index is 12.6. The molecule has 4 rings (SSSR count). The molecule has 0 bridgehead atoms. The molecule has 2 aromatic heterocycles. The maximum absolute atomic E-state index is 12.6. The first-order chi connectivity index (χ1) is 14.6. The van der Waals surface area contributed by atoms with Gasteiger partial charge in [0.2, 0.25) is 5.95 Å². The van der Waals surface area contributed by atoms with E-state index in [1.807, 2.05) is 56.4 Å². The molecule has 152 valence electrons. The van der Waals surface area contributed by atoms with E-state index in [2.05, 4.69) is 37.7 Å². The van der Waals surface area contributed by atoms with E-state index in [1.54, 1.807) is 6.07 Å². The number of hydrogen-bond acceptors (Lipinski definition) is 4. The van der Waals surface area contributed by atoms with E-state index < -0.39 is 0 Å². The van der Waals surface area contributed by atoms with E-state index in [1.165, 1.54) is 10.9 Å². The number of benzene rings is 2. The van der Waals surface area contributed by atoms with Gasteiger partial charge in [0.1, 0.15) is 5.69 Å². The third kappa shape index (κ3) is 4.49. The van der Waals surface area contributed by atoms with Gasteiger partial charge in [-0.15, -0.1) is 0 Å². The van der Waals surface area contributed by atoms with Gasteiger partial charge in [-0.2, -0.15) is 0 Å². The van der Waals surface area contributed by atoms with Crippen molar-refractivity contribution >= 4 is 22.8 Å². The molecule has 0 fully saturated rings. The summed E-state index contributed by atoms with van der Waals surface area (Å²) in [5.74, 6) is 0.263. The van der Waals surface area contributed by atoms with Crippen molar-refractivity contribution in [2.75, 3.05) is 11.9 Å². The summed E-state index contributed by atoms with van der Waals surface area (Å²) in [5, 5.41) is 7.42. The highest BCUT2D eigenvalue weighted by atomic mass is 16.1. The molecule has 6 nitrogen and oxygen atoms in total. The lowest BCUT2D eigenvalue weighted by atomic mass is 10.1. The number of anilines is 1. The molecule has 0 atom stereocenters. The van der Waals surface area contributed by atoms with Crippen LogP contribution in [0.25, 0.3) is 10.9 Å². The molecule has 0 spiro atoms. The summed E-state index contributed by atoms with van der Waals surface area (Å²) in [6.07, 6.45) is 2.87. The summed E-state index contributed by atoms with van der Waals surface area (Å²) in [6, 6.07) is 18.0. The Labute approximate surface area is 175 Å². The minimum absolute atomic E-state index is 0.205. The van der Waals surface area contributed by atoms with Crippen LogP contribution in [0, 0.1) is 13.8 Å². The number of nitrogens with one attached hydrogen (secondary N) is 3. The highest BCUT2D eigenvalue weighted by molar-refractivity contribution is 5.92. The van der Waals surface area contributed by atoms with Crippen LogP contribution in [0.1, 0.15) is 32.9 Å². The van der Waals surface area contributed by atoms with Gasteiger partial charge in [0, 0.05) is 35.9 Å². The van der Waals surface area contributed by atoms with Crippen molar-refractivity contribution in [2.24, 2.45) is 0 Å². The molecule has 1 amide bonds. The number of nitrogens with zero attached hydrogens (tertiary/aromatic N) is 2. The first-order valence-corrected chi connectivity index (χ1v) is 10.1. The van der Waals surface area contributed by atoms with Crippen molar-refractivity contribution < 1.29 is 4.79 Å². The predicted octanol–water partition coefficient (Wildman–Crippen LogP) is 4.16. The zero-order chi connectivity index (χ0) is 20.9. The van der Waals surface area contributed by atoms with Crippen LogP contribution in [-0.4, -0.2) is 27.4 Å². The van der Waals surface area contributed by atoms with Crippen LogP contribution in [0.15, 0.2) is 60.8 Å². The third-order valence-corrected chi connectivity index (χ3v) is 5.14. The molecule has 4 aromatic rings. The number of aromatic nitrogens is 3. The first kappa shape index (κ1) is 19.6. The van der Waals surface area contributed by atoms with E-state index in [0.29, 0.717) is 24.7 Å². The minimum Gasteiger partial charge on any atom is -0.361 e. The van der Waals surface area contributed by atoms with E-state index in [4.69, 9.17) is 0 Å². The highest BCUT2D eigenvalue weighted by Crippen LogP contribution is 2.18. The Hall–Kier alpha value is -3.67. The normalized spacial score (nSPS) is 10.9. The number of para-hydroxylation sites is 1. The molecular formula is C24H25N5O. The van der Waals surface area contributed by atoms with Gasteiger partial charge in [0.15, 0.2) is 0 Å². The quantitative estimate of drug-likeness (QED) is 0.436. The molecule has 0 aliphatic carbocycles. The minimum atomic E-state index is -0.205. The number of aryl methyl sites for hydroxylation is 2. The van der Waals surface area contributed by atoms with Gasteiger partial charge >= 0.3 is 0 Å². The van der Waals surface area contributed by atoms with E-state index in [9.17, 15) is 4.79 Å². The second kappa shape index (κ2) is 8.78. The molecule has 30 heavy (non-hydrogen) atoms. The molecule has 0 unspecified atom stereocenters. The molecule has 0 saturated heterocycles. The Morgan fingerprint density at radius 1 is 1.00 bits per heavy atom. The topological polar surface area (TPSA) is 82.7 Å². The summed E-state index contributed by atoms with van der Waals surface area (Å²) < 4.78 is 0. The summed E-state index contributed by atoms with van der Waals surface area (Å²) in [5.41, 5.74) is 5.73. The molecule has 2 aromatic carbocycles. The van der Waals surface area contributed by atoms with Crippen LogP contribution < -0.4 is 10.6 Å². The molecule has 0 saturated carbocycles. The Bertz CT molecular complexity index is 1180. The third-order valence-electron chi connectivity index (χ3n) is 5.14. The van der Waals surface area contributed by atoms with Gasteiger partial charge in [0.25, 0.3) is 5.91 Å². The maximum Gasteiger partial charge on any atom is 0.270 e. The van der Waals surface area contributed by atoms with Crippen molar-refractivity contribution in [1.82, 2.24) is 20.3 Å². The van der Waals surface area contributed by atoms with Crippen molar-refractivity contribution in [3.05, 3.63) is 88.9 Å². The van der Waals surface area contributed by atoms with Gasteiger partial charge in [-0.25, -0.2) is 9.97 Å². The van der Waals surface area contributed by atoms with Crippen LogP contribution in [-0.2, 0) is 13.0 Å². The predicted molar refractivity (Wildman–Crippen MR) is 120 cm³/mol. The van der Waals surface area contributed by atoms with Crippen molar-refractivity contribution in [1.29, 1.82) is 0 Å². The van der Waals surface area contributed by atoms with Crippen LogP contribution in [0.2, 0.25) is 0 Å². The fourth-order valence-electron chi connectivity index (χ4n) is 3.49. The lowest BCUT2D eigenvalue weighted by molar-refractivity contribution is 0.0945. The lowest BCUT2D eigenvalue weighted by Crippen LogP contribution is -2.25. The molecule has 3 N–H and O–H groups in total. The number of hydrogen-bond donors (Lipinski definition) is 3. The van der Waals surface area contributed by atoms with Gasteiger partial charge in [0.05, 0.1) is 0 Å². The number of carbonyl (C=O) groups is 1. The Balaban J connectivity index is 1.39. The molecule has 2 heterocycles. The SMILES string of the molecule is Cc1cc(C(=O)NCc2ccccc2C)nc(NCCc2c[nH]c3ccccc23)n1. The standard InChI is InChI=1S/C24H25N5O/c1-16-7-3-4-8-18(16)14-27-23(30)22-13-17(2)28-24(29-22)25-12-11-19-15-26-21-10-6-5-9-20(19)21/h3-10,13,15,26H,11-12,14H2,1-2H3,(H,27,30)(H,25,28,29). The van der Waals surface area contributed by atoms with Crippen molar-refractivity contribution in [2.45, 2.75) is 26.8 Å². The summed E-state index contributed by atoms with van der Waals surface area (Å²) in [6.45, 7) is 5.05. The monoisotopic (exact) mass is 399 g/mol. The number of amides is 1. The van der Waals surface area contributed by atoms with Crippen molar-refractivity contribution in [3.63, 3.8) is 0 Å². The van der Waals surface area contributed by atoms with E-state index in [-0.39, 0.29) is 5.91 Å². The Morgan fingerprint density at radius 3 is 2.67 bits per heavy atom. The average Bonchev–Trinajstić information content (AvgIpc) is 3.16. The van der Waals surface area contributed by atoms with Crippen LogP contribution in [0.5, 0.6) is 0 Å². The van der Waals surface area contributed by atoms with Crippen LogP contribution in [0.3, 0.4) is 0 Å². The molecule has 0 aliphatic heterocycles.